The molecule has 1 amide bonds. The minimum absolute atomic E-state index is 0.362. The van der Waals surface area contributed by atoms with Gasteiger partial charge in [-0.05, 0) is 64.2 Å². The smallest absolute Gasteiger partial charge is 0.249 e. The normalized spacial score (nSPS) is 13.7. The van der Waals surface area contributed by atoms with Gasteiger partial charge in [0.25, 0.3) is 0 Å². The average molecular weight is 1060 g/mol. The van der Waals surface area contributed by atoms with Crippen LogP contribution in [0.25, 0.3) is 0 Å². The highest BCUT2D eigenvalue weighted by atomic mass is 16.3. The summed E-state index contributed by atoms with van der Waals surface area (Å²) in [5.41, 5.74) is 0. The molecule has 4 atom stereocenters. The van der Waals surface area contributed by atoms with Gasteiger partial charge in [-0.25, -0.2) is 0 Å². The number of carbonyl (C=O) groups excluding carboxylic acids is 1. The molecule has 0 aromatic carbocycles. The molecule has 444 valence electrons. The number of unbranched alkanes of at least 4 members (excludes halogenated alkanes) is 48. The molecule has 75 heavy (non-hydrogen) atoms. The Morgan fingerprint density at radius 1 is 0.320 bits per heavy atom. The van der Waals surface area contributed by atoms with Crippen molar-refractivity contribution in [3.8, 4) is 0 Å². The van der Waals surface area contributed by atoms with Crippen molar-refractivity contribution in [2.45, 2.75) is 391 Å². The maximum absolute atomic E-state index is 12.6. The second-order valence-corrected chi connectivity index (χ2v) is 23.5. The molecule has 0 bridgehead atoms. The van der Waals surface area contributed by atoms with Gasteiger partial charge in [0.15, 0.2) is 0 Å². The quantitative estimate of drug-likeness (QED) is 0.0308. The Hall–Kier alpha value is -1.47. The summed E-state index contributed by atoms with van der Waals surface area (Å²) in [4.78, 5) is 12.6. The van der Waals surface area contributed by atoms with Gasteiger partial charge in [-0.15, -0.1) is 0 Å². The molecule has 6 nitrogen and oxygen atoms in total. The van der Waals surface area contributed by atoms with Crippen LogP contribution in [0.5, 0.6) is 0 Å². The van der Waals surface area contributed by atoms with E-state index in [2.05, 4.69) is 55.6 Å². The van der Waals surface area contributed by atoms with Crippen LogP contribution in [-0.2, 0) is 4.79 Å². The van der Waals surface area contributed by atoms with E-state index in [1.54, 1.807) is 0 Å². The zero-order chi connectivity index (χ0) is 54.4. The molecule has 0 saturated carbocycles. The van der Waals surface area contributed by atoms with E-state index in [9.17, 15) is 25.2 Å². The molecule has 0 heterocycles. The monoisotopic (exact) mass is 1060 g/mol. The Balaban J connectivity index is 3.62. The van der Waals surface area contributed by atoms with E-state index in [4.69, 9.17) is 0 Å². The molecule has 4 unspecified atom stereocenters. The van der Waals surface area contributed by atoms with Gasteiger partial charge in [0, 0.05) is 0 Å². The molecular formula is C69H133NO5. The SMILES string of the molecule is CCCCCCCCCCCCCCCCCCCCC/C=C/CC/C=C/CC/C=C/CCCC(O)C(O)C(CO)NC(=O)C(O)CCCCCCCCCCCCCCCCCCCCCCCCCCCCC. The first-order valence-corrected chi connectivity index (χ1v) is 33.9. The van der Waals surface area contributed by atoms with Crippen LogP contribution in [0, 0.1) is 0 Å². The molecule has 0 aromatic rings. The summed E-state index contributed by atoms with van der Waals surface area (Å²) in [6.07, 6.45) is 81.2. The fraction of sp³-hybridized carbons (Fsp3) is 0.899. The third-order valence-corrected chi connectivity index (χ3v) is 16.1. The summed E-state index contributed by atoms with van der Waals surface area (Å²) in [5.74, 6) is -0.593. The summed E-state index contributed by atoms with van der Waals surface area (Å²) >= 11 is 0. The molecule has 0 rings (SSSR count). The van der Waals surface area contributed by atoms with Crippen molar-refractivity contribution < 1.29 is 25.2 Å². The zero-order valence-corrected chi connectivity index (χ0v) is 50.6. The first-order valence-electron chi connectivity index (χ1n) is 33.9. The molecule has 0 aliphatic carbocycles. The molecule has 0 aromatic heterocycles. The molecule has 0 radical (unpaired) electrons. The fourth-order valence-electron chi connectivity index (χ4n) is 10.8. The molecule has 0 aliphatic heterocycles. The van der Waals surface area contributed by atoms with Crippen molar-refractivity contribution in [2.75, 3.05) is 6.61 Å². The van der Waals surface area contributed by atoms with E-state index in [0.717, 1.165) is 51.4 Å². The van der Waals surface area contributed by atoms with E-state index >= 15 is 0 Å². The van der Waals surface area contributed by atoms with Crippen molar-refractivity contribution in [3.63, 3.8) is 0 Å². The van der Waals surface area contributed by atoms with Crippen molar-refractivity contribution in [3.05, 3.63) is 36.5 Å². The van der Waals surface area contributed by atoms with Gasteiger partial charge < -0.3 is 25.7 Å². The summed E-state index contributed by atoms with van der Waals surface area (Å²) < 4.78 is 0. The van der Waals surface area contributed by atoms with Crippen LogP contribution in [0.1, 0.15) is 367 Å². The highest BCUT2D eigenvalue weighted by molar-refractivity contribution is 5.80. The zero-order valence-electron chi connectivity index (χ0n) is 50.6. The van der Waals surface area contributed by atoms with Gasteiger partial charge in [-0.1, -0.05) is 339 Å². The number of aliphatic hydroxyl groups is 4. The van der Waals surface area contributed by atoms with Gasteiger partial charge in [-0.3, -0.25) is 4.79 Å². The Morgan fingerprint density at radius 2 is 0.560 bits per heavy atom. The lowest BCUT2D eigenvalue weighted by Crippen LogP contribution is -2.53. The van der Waals surface area contributed by atoms with Crippen LogP contribution >= 0.6 is 0 Å². The molecule has 0 fully saturated rings. The van der Waals surface area contributed by atoms with E-state index < -0.39 is 36.9 Å². The number of allylic oxidation sites excluding steroid dienone is 6. The average Bonchev–Trinajstić information content (AvgIpc) is 3.42. The first kappa shape index (κ1) is 73.5. The van der Waals surface area contributed by atoms with E-state index in [1.807, 2.05) is 0 Å². The van der Waals surface area contributed by atoms with Gasteiger partial charge >= 0.3 is 0 Å². The standard InChI is InChI=1S/C69H133NO5/c1-3-5-7-9-11-13-15-17-19-21-23-25-27-29-31-32-33-34-35-37-38-40-42-44-46-48-50-52-54-56-58-60-62-66(72)68(74)65(64-71)70-69(75)67(73)63-61-59-57-55-53-51-49-47-45-43-41-39-36-30-28-26-24-22-20-18-16-14-12-10-8-6-4-2/h38,40,46,48,54,56,65-68,71-74H,3-37,39,41-45,47,49-53,55,57-64H2,1-2H3,(H,70,75)/b40-38+,48-46+,56-54+. The van der Waals surface area contributed by atoms with E-state index in [1.165, 1.54) is 283 Å². The topological polar surface area (TPSA) is 110 Å². The number of hydrogen-bond acceptors (Lipinski definition) is 5. The second kappa shape index (κ2) is 63.4. The number of aliphatic hydroxyl groups excluding tert-OH is 4. The lowest BCUT2D eigenvalue weighted by molar-refractivity contribution is -0.132. The molecule has 0 saturated heterocycles. The summed E-state index contributed by atoms with van der Waals surface area (Å²) in [6, 6.07) is -1.01. The lowest BCUT2D eigenvalue weighted by Gasteiger charge is -2.27. The third kappa shape index (κ3) is 57.0. The number of hydrogen-bond donors (Lipinski definition) is 5. The third-order valence-electron chi connectivity index (χ3n) is 16.1. The van der Waals surface area contributed by atoms with Crippen LogP contribution < -0.4 is 5.32 Å². The van der Waals surface area contributed by atoms with Crippen LogP contribution in [0.2, 0.25) is 0 Å². The summed E-state index contributed by atoms with van der Waals surface area (Å²) in [7, 11) is 0. The van der Waals surface area contributed by atoms with E-state index in [0.29, 0.717) is 19.3 Å². The van der Waals surface area contributed by atoms with Gasteiger partial charge in [0.1, 0.15) is 12.2 Å². The minimum atomic E-state index is -1.29. The fourth-order valence-corrected chi connectivity index (χ4v) is 10.8. The van der Waals surface area contributed by atoms with Gasteiger partial charge in [-0.2, -0.15) is 0 Å². The summed E-state index contributed by atoms with van der Waals surface area (Å²) in [5, 5.41) is 44.1. The largest absolute Gasteiger partial charge is 0.394 e. The lowest BCUT2D eigenvalue weighted by atomic mass is 10.00. The Morgan fingerprint density at radius 3 is 0.840 bits per heavy atom. The highest BCUT2D eigenvalue weighted by Crippen LogP contribution is 2.19. The van der Waals surface area contributed by atoms with Crippen LogP contribution in [0.15, 0.2) is 36.5 Å². The Bertz CT molecular complexity index is 1190. The molecule has 0 spiro atoms. The predicted molar refractivity (Wildman–Crippen MR) is 330 cm³/mol. The van der Waals surface area contributed by atoms with Gasteiger partial charge in [0.2, 0.25) is 5.91 Å². The van der Waals surface area contributed by atoms with Crippen LogP contribution in [0.3, 0.4) is 0 Å². The number of rotatable bonds is 63. The molecule has 0 aliphatic rings. The molecule has 6 heteroatoms. The van der Waals surface area contributed by atoms with Crippen LogP contribution in [-0.4, -0.2) is 57.3 Å². The highest BCUT2D eigenvalue weighted by Gasteiger charge is 2.28. The predicted octanol–water partition coefficient (Wildman–Crippen LogP) is 20.7. The number of nitrogens with one attached hydrogen (secondary N) is 1. The van der Waals surface area contributed by atoms with Crippen molar-refractivity contribution in [1.82, 2.24) is 5.32 Å². The van der Waals surface area contributed by atoms with Crippen molar-refractivity contribution >= 4 is 5.91 Å². The Kier molecular flexibility index (Phi) is 62.1. The first-order chi connectivity index (χ1) is 37.0. The van der Waals surface area contributed by atoms with Crippen LogP contribution in [0.4, 0.5) is 0 Å². The summed E-state index contributed by atoms with van der Waals surface area (Å²) in [6.45, 7) is 4.09. The number of carbonyl (C=O) groups is 1. The van der Waals surface area contributed by atoms with Crippen molar-refractivity contribution in [2.24, 2.45) is 0 Å². The second-order valence-electron chi connectivity index (χ2n) is 23.5. The molecular weight excluding hydrogens is 923 g/mol. The maximum Gasteiger partial charge on any atom is 0.249 e. The Labute approximate surface area is 468 Å². The van der Waals surface area contributed by atoms with E-state index in [-0.39, 0.29) is 0 Å². The molecule has 5 N–H and O–H groups in total. The number of amides is 1. The van der Waals surface area contributed by atoms with Crippen molar-refractivity contribution in [1.29, 1.82) is 0 Å². The minimum Gasteiger partial charge on any atom is -0.394 e. The van der Waals surface area contributed by atoms with Gasteiger partial charge in [0.05, 0.1) is 18.8 Å². The maximum atomic E-state index is 12.6.